The van der Waals surface area contributed by atoms with E-state index < -0.39 is 20.5 Å². The molecule has 150 valence electrons. The molecule has 0 spiro atoms. The largest absolute Gasteiger partial charge is 0.337 e. The van der Waals surface area contributed by atoms with Gasteiger partial charge in [0.05, 0.1) is 4.90 Å². The van der Waals surface area contributed by atoms with Gasteiger partial charge < -0.3 is 4.90 Å². The maximum Gasteiger partial charge on any atom is 0.244 e. The van der Waals surface area contributed by atoms with E-state index in [1.807, 2.05) is 0 Å². The lowest BCUT2D eigenvalue weighted by molar-refractivity contribution is -0.134. The van der Waals surface area contributed by atoms with Crippen LogP contribution in [0, 0.1) is 5.82 Å². The van der Waals surface area contributed by atoms with Gasteiger partial charge >= 0.3 is 0 Å². The molecule has 7 heteroatoms. The molecule has 1 aliphatic rings. The summed E-state index contributed by atoms with van der Waals surface area (Å²) in [6.07, 6.45) is 1.93. The van der Waals surface area contributed by atoms with Crippen LogP contribution >= 0.6 is 11.6 Å². The van der Waals surface area contributed by atoms with E-state index >= 15 is 0 Å². The minimum absolute atomic E-state index is 0.106. The summed E-state index contributed by atoms with van der Waals surface area (Å²) in [5.74, 6) is -0.794. The summed E-state index contributed by atoms with van der Waals surface area (Å²) in [6.45, 7) is 2.31. The number of nitrogens with zero attached hydrogens (tertiary/aromatic N) is 1. The molecule has 0 bridgehead atoms. The van der Waals surface area contributed by atoms with E-state index in [2.05, 4.69) is 0 Å². The first kappa shape index (κ1) is 20.8. The third kappa shape index (κ3) is 3.80. The minimum atomic E-state index is -3.90. The summed E-state index contributed by atoms with van der Waals surface area (Å²) in [6, 6.07) is 12.0. The fraction of sp³-hybridized carbons (Fsp3) is 0.381. The van der Waals surface area contributed by atoms with Crippen molar-refractivity contribution >= 4 is 27.3 Å². The summed E-state index contributed by atoms with van der Waals surface area (Å²) in [5.41, 5.74) is 0.632. The minimum Gasteiger partial charge on any atom is -0.337 e. The van der Waals surface area contributed by atoms with Crippen LogP contribution in [0.4, 0.5) is 4.39 Å². The lowest BCUT2D eigenvalue weighted by Crippen LogP contribution is -2.52. The molecule has 28 heavy (non-hydrogen) atoms. The van der Waals surface area contributed by atoms with E-state index in [-0.39, 0.29) is 30.1 Å². The van der Waals surface area contributed by atoms with Gasteiger partial charge in [-0.3, -0.25) is 4.79 Å². The van der Waals surface area contributed by atoms with Crippen molar-refractivity contribution in [1.82, 2.24) is 4.90 Å². The monoisotopic (exact) mass is 423 g/mol. The van der Waals surface area contributed by atoms with Crippen LogP contribution < -0.4 is 0 Å². The van der Waals surface area contributed by atoms with Gasteiger partial charge in [0, 0.05) is 18.1 Å². The number of rotatable bonds is 6. The molecule has 0 N–H and O–H groups in total. The zero-order valence-electron chi connectivity index (χ0n) is 15.7. The van der Waals surface area contributed by atoms with Gasteiger partial charge in [-0.05, 0) is 61.7 Å². The van der Waals surface area contributed by atoms with Crippen molar-refractivity contribution in [3.63, 3.8) is 0 Å². The van der Waals surface area contributed by atoms with Gasteiger partial charge in [0.2, 0.25) is 5.91 Å². The number of amides is 1. The van der Waals surface area contributed by atoms with Crippen LogP contribution in [0.1, 0.15) is 38.2 Å². The van der Waals surface area contributed by atoms with E-state index in [1.54, 1.807) is 19.1 Å². The predicted molar refractivity (Wildman–Crippen MR) is 107 cm³/mol. The second kappa shape index (κ2) is 8.21. The fourth-order valence-corrected chi connectivity index (χ4v) is 6.11. The number of hydrogen-bond donors (Lipinski definition) is 0. The van der Waals surface area contributed by atoms with E-state index in [0.29, 0.717) is 30.0 Å². The van der Waals surface area contributed by atoms with Gasteiger partial charge in [0.15, 0.2) is 14.6 Å². The summed E-state index contributed by atoms with van der Waals surface area (Å²) in [7, 11) is -3.90. The van der Waals surface area contributed by atoms with Crippen LogP contribution in [-0.2, 0) is 21.2 Å². The number of carbonyl (C=O) groups is 1. The van der Waals surface area contributed by atoms with E-state index in [9.17, 15) is 17.6 Å². The Labute approximate surface area is 170 Å². The molecule has 1 aliphatic carbocycles. The molecule has 1 amide bonds. The predicted octanol–water partition coefficient (Wildman–Crippen LogP) is 4.61. The molecular formula is C21H23ClFNO3S. The highest BCUT2D eigenvalue weighted by Gasteiger charge is 2.54. The smallest absolute Gasteiger partial charge is 0.244 e. The first-order chi connectivity index (χ1) is 13.3. The first-order valence-corrected chi connectivity index (χ1v) is 11.2. The third-order valence-electron chi connectivity index (χ3n) is 5.37. The van der Waals surface area contributed by atoms with Gasteiger partial charge in [0.25, 0.3) is 0 Å². The Morgan fingerprint density at radius 3 is 2.36 bits per heavy atom. The molecule has 0 unspecified atom stereocenters. The van der Waals surface area contributed by atoms with Crippen LogP contribution in [0.2, 0.25) is 5.02 Å². The fourth-order valence-electron chi connectivity index (χ4n) is 3.85. The average Bonchev–Trinajstić information content (AvgIpc) is 3.18. The molecule has 0 saturated heterocycles. The molecule has 2 aromatic carbocycles. The van der Waals surface area contributed by atoms with Crippen LogP contribution in [0.15, 0.2) is 53.4 Å². The first-order valence-electron chi connectivity index (χ1n) is 9.34. The van der Waals surface area contributed by atoms with Crippen molar-refractivity contribution < 1.29 is 17.6 Å². The SMILES string of the molecule is CCN(Cc1cccc(F)c1)C(=O)C1(S(=O)(=O)c2ccc(Cl)cc2)CCCC1. The maximum atomic E-state index is 13.5. The number of sulfone groups is 1. The standard InChI is InChI=1S/C21H23ClFNO3S/c1-2-24(15-16-6-5-7-18(23)14-16)20(25)21(12-3-4-13-21)28(26,27)19-10-8-17(22)9-11-19/h5-11,14H,2-4,12-13,15H2,1H3. The van der Waals surface area contributed by atoms with Crippen molar-refractivity contribution in [2.75, 3.05) is 6.54 Å². The summed E-state index contributed by atoms with van der Waals surface area (Å²) < 4.78 is 39.0. The van der Waals surface area contributed by atoms with E-state index in [0.717, 1.165) is 0 Å². The lowest BCUT2D eigenvalue weighted by Gasteiger charge is -2.33. The summed E-state index contributed by atoms with van der Waals surface area (Å²) >= 11 is 5.89. The lowest BCUT2D eigenvalue weighted by atomic mass is 10.0. The average molecular weight is 424 g/mol. The number of benzene rings is 2. The molecule has 1 fully saturated rings. The Hall–Kier alpha value is -1.92. The Kier molecular flexibility index (Phi) is 6.10. The molecule has 0 aromatic heterocycles. The Morgan fingerprint density at radius 1 is 1.14 bits per heavy atom. The van der Waals surface area contributed by atoms with Crippen LogP contribution in [0.3, 0.4) is 0 Å². The molecule has 0 heterocycles. The number of carbonyl (C=O) groups excluding carboxylic acids is 1. The number of hydrogen-bond acceptors (Lipinski definition) is 3. The van der Waals surface area contributed by atoms with Crippen molar-refractivity contribution in [2.24, 2.45) is 0 Å². The van der Waals surface area contributed by atoms with Gasteiger partial charge in [-0.1, -0.05) is 36.6 Å². The molecular weight excluding hydrogens is 401 g/mol. The Morgan fingerprint density at radius 2 is 1.79 bits per heavy atom. The van der Waals surface area contributed by atoms with E-state index in [1.165, 1.54) is 41.3 Å². The van der Waals surface area contributed by atoms with E-state index in [4.69, 9.17) is 11.6 Å². The Balaban J connectivity index is 1.97. The highest BCUT2D eigenvalue weighted by atomic mass is 35.5. The van der Waals surface area contributed by atoms with Crippen LogP contribution in [0.25, 0.3) is 0 Å². The number of halogens is 2. The van der Waals surface area contributed by atoms with Gasteiger partial charge in [-0.25, -0.2) is 12.8 Å². The topological polar surface area (TPSA) is 54.5 Å². The van der Waals surface area contributed by atoms with Crippen molar-refractivity contribution in [2.45, 2.75) is 48.8 Å². The molecule has 1 saturated carbocycles. The third-order valence-corrected chi connectivity index (χ3v) is 8.13. The molecule has 0 radical (unpaired) electrons. The van der Waals surface area contributed by atoms with Gasteiger partial charge in [0.1, 0.15) is 5.82 Å². The summed E-state index contributed by atoms with van der Waals surface area (Å²) in [5, 5.41) is 0.437. The van der Waals surface area contributed by atoms with Gasteiger partial charge in [-0.15, -0.1) is 0 Å². The molecule has 3 rings (SSSR count). The zero-order chi connectivity index (χ0) is 20.4. The maximum absolute atomic E-state index is 13.5. The van der Waals surface area contributed by atoms with Gasteiger partial charge in [-0.2, -0.15) is 0 Å². The molecule has 0 aliphatic heterocycles. The zero-order valence-corrected chi connectivity index (χ0v) is 17.3. The van der Waals surface area contributed by atoms with Crippen LogP contribution in [-0.4, -0.2) is 30.5 Å². The van der Waals surface area contributed by atoms with Crippen molar-refractivity contribution in [3.05, 3.63) is 64.9 Å². The van der Waals surface area contributed by atoms with Crippen LogP contribution in [0.5, 0.6) is 0 Å². The molecule has 0 atom stereocenters. The van der Waals surface area contributed by atoms with Crippen molar-refractivity contribution in [1.29, 1.82) is 0 Å². The van der Waals surface area contributed by atoms with Crippen molar-refractivity contribution in [3.8, 4) is 0 Å². The normalized spacial score (nSPS) is 16.1. The molecule has 4 nitrogen and oxygen atoms in total. The Bertz CT molecular complexity index is 954. The second-order valence-electron chi connectivity index (χ2n) is 7.11. The molecule has 2 aromatic rings. The highest BCUT2D eigenvalue weighted by Crippen LogP contribution is 2.42. The summed E-state index contributed by atoms with van der Waals surface area (Å²) in [4.78, 5) is 15.1. The highest BCUT2D eigenvalue weighted by molar-refractivity contribution is 7.93. The second-order valence-corrected chi connectivity index (χ2v) is 9.80. The quantitative estimate of drug-likeness (QED) is 0.681.